The number of carbonyl (C=O) groups excluding carboxylic acids is 1. The van der Waals surface area contributed by atoms with Crippen LogP contribution in [0.1, 0.15) is 17.4 Å². The van der Waals surface area contributed by atoms with Gasteiger partial charge in [0, 0.05) is 19.6 Å². The van der Waals surface area contributed by atoms with Crippen molar-refractivity contribution in [3.8, 4) is 0 Å². The highest BCUT2D eigenvalue weighted by Gasteiger charge is 2.23. The second-order valence-corrected chi connectivity index (χ2v) is 3.89. The van der Waals surface area contributed by atoms with Crippen LogP contribution in [0.15, 0.2) is 16.7 Å². The maximum Gasteiger partial charge on any atom is 0.270 e. The van der Waals surface area contributed by atoms with Crippen LogP contribution in [0, 0.1) is 0 Å². The Labute approximate surface area is 85.5 Å². The Morgan fingerprint density at radius 1 is 1.46 bits per heavy atom. The minimum atomic E-state index is 0.138. The van der Waals surface area contributed by atoms with Crippen LogP contribution in [0.5, 0.6) is 0 Å². The van der Waals surface area contributed by atoms with Crippen molar-refractivity contribution in [3.63, 3.8) is 0 Å². The number of likely N-dealkylation sites (N-methyl/N-ethyl adjacent to an activating group) is 1. The van der Waals surface area contributed by atoms with Gasteiger partial charge in [-0.25, -0.2) is 0 Å². The molecule has 0 atom stereocenters. The Hall–Kier alpha value is -0.770. The number of amides is 1. The lowest BCUT2D eigenvalue weighted by Gasteiger charge is -2.27. The van der Waals surface area contributed by atoms with Crippen LogP contribution in [0.4, 0.5) is 0 Å². The number of hydrogen-bond donors (Lipinski definition) is 0. The van der Waals surface area contributed by atoms with E-state index in [1.54, 1.807) is 0 Å². The van der Waals surface area contributed by atoms with Crippen molar-refractivity contribution in [2.24, 2.45) is 0 Å². The Morgan fingerprint density at radius 3 is 2.92 bits per heavy atom. The molecule has 1 aromatic heterocycles. The van der Waals surface area contributed by atoms with Crippen molar-refractivity contribution in [1.29, 1.82) is 0 Å². The first-order valence-corrected chi connectivity index (χ1v) is 5.17. The molecule has 2 heterocycles. The van der Waals surface area contributed by atoms with Gasteiger partial charge < -0.3 is 9.47 Å². The lowest BCUT2D eigenvalue weighted by molar-refractivity contribution is 0.0713. The van der Waals surface area contributed by atoms with Gasteiger partial charge in [-0.2, -0.15) is 0 Å². The molecule has 4 heteroatoms. The Kier molecular flexibility index (Phi) is 2.15. The van der Waals surface area contributed by atoms with Crippen molar-refractivity contribution in [1.82, 2.24) is 9.47 Å². The number of rotatable bonds is 1. The third-order valence-electron chi connectivity index (χ3n) is 2.41. The molecule has 1 aromatic rings. The van der Waals surface area contributed by atoms with Crippen LogP contribution >= 0.6 is 15.9 Å². The molecule has 0 N–H and O–H groups in total. The molecule has 2 rings (SSSR count). The quantitative estimate of drug-likeness (QED) is 0.737. The van der Waals surface area contributed by atoms with Crippen LogP contribution in [0.2, 0.25) is 0 Å². The minimum absolute atomic E-state index is 0.138. The molecule has 0 aromatic carbocycles. The average Bonchev–Trinajstić information content (AvgIpc) is 2.50. The summed E-state index contributed by atoms with van der Waals surface area (Å²) in [6.07, 6.45) is 0. The second kappa shape index (κ2) is 3.18. The van der Waals surface area contributed by atoms with E-state index in [1.807, 2.05) is 28.5 Å². The Morgan fingerprint density at radius 2 is 2.23 bits per heavy atom. The Balaban J connectivity index is 2.40. The molecule has 0 radical (unpaired) electrons. The molecule has 1 amide bonds. The zero-order valence-electron chi connectivity index (χ0n) is 7.46. The molecule has 1 aliphatic heterocycles. The summed E-state index contributed by atoms with van der Waals surface area (Å²) >= 11 is 3.41. The number of carbonyl (C=O) groups is 1. The zero-order valence-corrected chi connectivity index (χ0v) is 9.04. The maximum atomic E-state index is 11.7. The molecule has 70 valence electrons. The van der Waals surface area contributed by atoms with Gasteiger partial charge in [0.05, 0.1) is 4.60 Å². The van der Waals surface area contributed by atoms with E-state index >= 15 is 0 Å². The summed E-state index contributed by atoms with van der Waals surface area (Å²) in [5, 5.41) is 0. The first kappa shape index (κ1) is 8.81. The van der Waals surface area contributed by atoms with Gasteiger partial charge in [-0.15, -0.1) is 0 Å². The van der Waals surface area contributed by atoms with Gasteiger partial charge in [0.2, 0.25) is 0 Å². The molecule has 13 heavy (non-hydrogen) atoms. The predicted octanol–water partition coefficient (Wildman–Crippen LogP) is 1.73. The highest BCUT2D eigenvalue weighted by molar-refractivity contribution is 9.10. The maximum absolute atomic E-state index is 11.7. The highest BCUT2D eigenvalue weighted by atomic mass is 79.9. The first-order valence-electron chi connectivity index (χ1n) is 4.38. The molecule has 0 fully saturated rings. The number of aromatic nitrogens is 1. The van der Waals surface area contributed by atoms with Crippen LogP contribution < -0.4 is 0 Å². The standard InChI is InChI=1S/C9H11BrN2O/c1-2-11-5-6-12-7(9(11)13)3-4-8(12)10/h3-4H,2,5-6H2,1H3. The van der Waals surface area contributed by atoms with Gasteiger partial charge in [-0.05, 0) is 35.0 Å². The number of nitrogens with zero attached hydrogens (tertiary/aromatic N) is 2. The van der Waals surface area contributed by atoms with E-state index in [4.69, 9.17) is 0 Å². The first-order chi connectivity index (χ1) is 6.24. The number of hydrogen-bond acceptors (Lipinski definition) is 1. The summed E-state index contributed by atoms with van der Waals surface area (Å²) in [5.74, 6) is 0.138. The fourth-order valence-corrected chi connectivity index (χ4v) is 2.14. The monoisotopic (exact) mass is 242 g/mol. The fourth-order valence-electron chi connectivity index (χ4n) is 1.64. The third-order valence-corrected chi connectivity index (χ3v) is 3.10. The molecular weight excluding hydrogens is 232 g/mol. The topological polar surface area (TPSA) is 25.2 Å². The molecule has 3 nitrogen and oxygen atoms in total. The summed E-state index contributed by atoms with van der Waals surface area (Å²) in [6.45, 7) is 4.51. The smallest absolute Gasteiger partial charge is 0.270 e. The largest absolute Gasteiger partial charge is 0.336 e. The average molecular weight is 243 g/mol. The van der Waals surface area contributed by atoms with Gasteiger partial charge >= 0.3 is 0 Å². The number of halogens is 1. The van der Waals surface area contributed by atoms with Crippen molar-refractivity contribution in [2.45, 2.75) is 13.5 Å². The molecule has 0 unspecified atom stereocenters. The van der Waals surface area contributed by atoms with Crippen LogP contribution in [0.25, 0.3) is 0 Å². The second-order valence-electron chi connectivity index (χ2n) is 3.08. The van der Waals surface area contributed by atoms with Crippen molar-refractivity contribution >= 4 is 21.8 Å². The summed E-state index contributed by atoms with van der Waals surface area (Å²) in [4.78, 5) is 13.6. The fraction of sp³-hybridized carbons (Fsp3) is 0.444. The molecule has 0 spiro atoms. The van der Waals surface area contributed by atoms with E-state index in [9.17, 15) is 4.79 Å². The van der Waals surface area contributed by atoms with Crippen molar-refractivity contribution in [3.05, 3.63) is 22.4 Å². The van der Waals surface area contributed by atoms with Crippen LogP contribution in [-0.4, -0.2) is 28.5 Å². The van der Waals surface area contributed by atoms with E-state index < -0.39 is 0 Å². The molecule has 1 aliphatic rings. The number of fused-ring (bicyclic) bond motifs is 1. The van der Waals surface area contributed by atoms with Gasteiger partial charge in [-0.1, -0.05) is 0 Å². The van der Waals surface area contributed by atoms with E-state index in [0.717, 1.165) is 29.9 Å². The van der Waals surface area contributed by atoms with Crippen molar-refractivity contribution in [2.75, 3.05) is 13.1 Å². The van der Waals surface area contributed by atoms with Gasteiger partial charge in [0.1, 0.15) is 5.69 Å². The molecule has 0 aliphatic carbocycles. The summed E-state index contributed by atoms with van der Waals surface area (Å²) in [6, 6.07) is 3.79. The SMILES string of the molecule is CCN1CCn2c(Br)ccc2C1=O. The zero-order chi connectivity index (χ0) is 9.42. The van der Waals surface area contributed by atoms with Gasteiger partial charge in [-0.3, -0.25) is 4.79 Å². The lowest BCUT2D eigenvalue weighted by Crippen LogP contribution is -2.39. The highest BCUT2D eigenvalue weighted by Crippen LogP contribution is 2.20. The third kappa shape index (κ3) is 1.29. The lowest BCUT2D eigenvalue weighted by atomic mass is 10.3. The summed E-state index contributed by atoms with van der Waals surface area (Å²) in [7, 11) is 0. The molecular formula is C9H11BrN2O. The summed E-state index contributed by atoms with van der Waals surface area (Å²) in [5.41, 5.74) is 0.792. The molecule has 0 saturated heterocycles. The van der Waals surface area contributed by atoms with E-state index in [2.05, 4.69) is 15.9 Å². The van der Waals surface area contributed by atoms with Crippen LogP contribution in [0.3, 0.4) is 0 Å². The van der Waals surface area contributed by atoms with Gasteiger partial charge in [0.15, 0.2) is 0 Å². The molecule has 0 bridgehead atoms. The summed E-state index contributed by atoms with van der Waals surface area (Å²) < 4.78 is 3.00. The van der Waals surface area contributed by atoms with E-state index in [1.165, 1.54) is 0 Å². The minimum Gasteiger partial charge on any atom is -0.336 e. The van der Waals surface area contributed by atoms with Gasteiger partial charge in [0.25, 0.3) is 5.91 Å². The van der Waals surface area contributed by atoms with Crippen molar-refractivity contribution < 1.29 is 4.79 Å². The normalized spacial score (nSPS) is 16.2. The predicted molar refractivity (Wildman–Crippen MR) is 53.7 cm³/mol. The molecule has 0 saturated carbocycles. The van der Waals surface area contributed by atoms with E-state index in [-0.39, 0.29) is 5.91 Å². The van der Waals surface area contributed by atoms with E-state index in [0.29, 0.717) is 0 Å². The van der Waals surface area contributed by atoms with Crippen LogP contribution in [-0.2, 0) is 6.54 Å². The Bertz CT molecular complexity index is 345.